The van der Waals surface area contributed by atoms with Crippen molar-refractivity contribution in [2.45, 2.75) is 103 Å². The summed E-state index contributed by atoms with van der Waals surface area (Å²) in [6.07, 6.45) is 1.92. The third-order valence-electron chi connectivity index (χ3n) is 6.36. The summed E-state index contributed by atoms with van der Waals surface area (Å²) in [6, 6.07) is -5.36. The van der Waals surface area contributed by atoms with Gasteiger partial charge in [0.15, 0.2) is 5.96 Å². The van der Waals surface area contributed by atoms with Crippen molar-refractivity contribution in [2.75, 3.05) is 19.7 Å². The highest BCUT2D eigenvalue weighted by atomic mass is 16.5. The maximum Gasteiger partial charge on any atom is 0.407 e. The Labute approximate surface area is 257 Å². The fourth-order valence-electron chi connectivity index (χ4n) is 3.93. The first-order valence-electron chi connectivity index (χ1n) is 14.8. The van der Waals surface area contributed by atoms with E-state index in [9.17, 15) is 39.0 Å². The number of rotatable bonds is 23. The number of aliphatic imine (C=N–C) groups is 1. The molecule has 0 aromatic rings. The predicted octanol–water partition coefficient (Wildman–Crippen LogP) is -0.876. The Morgan fingerprint density at radius 2 is 1.36 bits per heavy atom. The van der Waals surface area contributed by atoms with Crippen LogP contribution in [0.25, 0.3) is 0 Å². The van der Waals surface area contributed by atoms with Gasteiger partial charge in [0.2, 0.25) is 17.7 Å². The SMILES string of the molecule is CCCCCOC(=O)N[C@H](C(=O)N[C@@H](CC(=O)O)C(=O)N[C@@H](CCCCN)C(=O)N[C@@H](CCCN=C(N)N)C(=O)O)C(C)C. The molecule has 0 rings (SSSR count). The Bertz CT molecular complexity index is 973. The Kier molecular flexibility index (Phi) is 20.3. The minimum absolute atomic E-state index is 0.0103. The molecule has 0 aliphatic rings. The van der Waals surface area contributed by atoms with E-state index in [1.54, 1.807) is 13.8 Å². The van der Waals surface area contributed by atoms with Gasteiger partial charge in [-0.15, -0.1) is 0 Å². The minimum Gasteiger partial charge on any atom is -0.481 e. The van der Waals surface area contributed by atoms with Crippen LogP contribution in [0.5, 0.6) is 0 Å². The number of amides is 4. The third kappa shape index (κ3) is 17.7. The molecule has 0 spiro atoms. The summed E-state index contributed by atoms with van der Waals surface area (Å²) in [7, 11) is 0. The third-order valence-corrected chi connectivity index (χ3v) is 6.36. The molecule has 0 radical (unpaired) electrons. The van der Waals surface area contributed by atoms with Gasteiger partial charge in [0.05, 0.1) is 13.0 Å². The van der Waals surface area contributed by atoms with Crippen LogP contribution >= 0.6 is 0 Å². The maximum atomic E-state index is 13.2. The normalized spacial score (nSPS) is 13.5. The summed E-state index contributed by atoms with van der Waals surface area (Å²) in [6.45, 7) is 5.86. The molecule has 4 atom stereocenters. The monoisotopic (exact) mass is 630 g/mol. The number of carboxylic acid groups (broad SMARTS) is 2. The average molecular weight is 631 g/mol. The number of carbonyl (C=O) groups excluding carboxylic acids is 4. The quantitative estimate of drug-likeness (QED) is 0.0378. The van der Waals surface area contributed by atoms with E-state index in [0.717, 1.165) is 12.8 Å². The molecule has 17 nitrogen and oxygen atoms in total. The molecule has 0 fully saturated rings. The number of guanidine groups is 1. The molecule has 44 heavy (non-hydrogen) atoms. The number of unbranched alkanes of at least 4 members (excludes halogenated alkanes) is 3. The first kappa shape index (κ1) is 39.8. The van der Waals surface area contributed by atoms with Crippen LogP contribution in [0.3, 0.4) is 0 Å². The van der Waals surface area contributed by atoms with Gasteiger partial charge in [-0.2, -0.15) is 0 Å². The Morgan fingerprint density at radius 3 is 1.91 bits per heavy atom. The van der Waals surface area contributed by atoms with E-state index < -0.39 is 72.3 Å². The number of carbonyl (C=O) groups is 6. The second-order valence-corrected chi connectivity index (χ2v) is 10.6. The van der Waals surface area contributed by atoms with Gasteiger partial charge in [0.25, 0.3) is 0 Å². The number of carboxylic acids is 2. The van der Waals surface area contributed by atoms with Crippen LogP contribution in [0, 0.1) is 5.92 Å². The lowest BCUT2D eigenvalue weighted by molar-refractivity contribution is -0.143. The van der Waals surface area contributed by atoms with E-state index >= 15 is 0 Å². The number of hydrogen-bond acceptors (Lipinski definition) is 9. The summed E-state index contributed by atoms with van der Waals surface area (Å²) >= 11 is 0. The first-order valence-corrected chi connectivity index (χ1v) is 14.8. The smallest absolute Gasteiger partial charge is 0.407 e. The highest BCUT2D eigenvalue weighted by Gasteiger charge is 2.33. The van der Waals surface area contributed by atoms with E-state index in [1.165, 1.54) is 0 Å². The molecule has 0 aromatic heterocycles. The van der Waals surface area contributed by atoms with Crippen molar-refractivity contribution < 1.29 is 43.7 Å². The zero-order valence-electron chi connectivity index (χ0n) is 25.8. The van der Waals surface area contributed by atoms with Crippen molar-refractivity contribution in [3.05, 3.63) is 0 Å². The first-order chi connectivity index (χ1) is 20.7. The van der Waals surface area contributed by atoms with Gasteiger partial charge in [-0.05, 0) is 51.0 Å². The molecule has 0 heterocycles. The molecule has 0 unspecified atom stereocenters. The summed E-state index contributed by atoms with van der Waals surface area (Å²) in [4.78, 5) is 78.7. The van der Waals surface area contributed by atoms with Crippen molar-refractivity contribution in [1.29, 1.82) is 0 Å². The molecular weight excluding hydrogens is 580 g/mol. The van der Waals surface area contributed by atoms with Gasteiger partial charge in [0.1, 0.15) is 24.2 Å². The predicted molar refractivity (Wildman–Crippen MR) is 161 cm³/mol. The lowest BCUT2D eigenvalue weighted by Gasteiger charge is -2.26. The van der Waals surface area contributed by atoms with Crippen LogP contribution in [0.15, 0.2) is 4.99 Å². The Balaban J connectivity index is 5.69. The highest BCUT2D eigenvalue weighted by molar-refractivity contribution is 5.96. The van der Waals surface area contributed by atoms with Crippen LogP contribution in [0.1, 0.15) is 78.6 Å². The van der Waals surface area contributed by atoms with Crippen molar-refractivity contribution in [2.24, 2.45) is 28.1 Å². The van der Waals surface area contributed by atoms with Gasteiger partial charge >= 0.3 is 18.0 Å². The molecule has 252 valence electrons. The van der Waals surface area contributed by atoms with E-state index in [1.807, 2.05) is 6.92 Å². The van der Waals surface area contributed by atoms with Crippen LogP contribution in [-0.4, -0.2) is 95.8 Å². The Hall–Kier alpha value is -4.15. The number of nitrogens with two attached hydrogens (primary N) is 3. The summed E-state index contributed by atoms with van der Waals surface area (Å²) in [5.41, 5.74) is 16.1. The molecule has 0 aliphatic carbocycles. The molecule has 4 amide bonds. The van der Waals surface area contributed by atoms with E-state index in [4.69, 9.17) is 21.9 Å². The van der Waals surface area contributed by atoms with Gasteiger partial charge in [-0.3, -0.25) is 24.2 Å². The number of alkyl carbamates (subject to hydrolysis) is 1. The van der Waals surface area contributed by atoms with Crippen LogP contribution in [0.2, 0.25) is 0 Å². The van der Waals surface area contributed by atoms with E-state index in [-0.39, 0.29) is 38.4 Å². The number of nitrogens with one attached hydrogen (secondary N) is 4. The average Bonchev–Trinajstić information content (AvgIpc) is 2.93. The standard InChI is InChI=1S/C27H50N8O9/c1-4-5-8-14-44-27(43)35-21(16(2)3)24(40)34-19(15-20(36)37)23(39)32-17(10-6-7-12-28)22(38)33-18(25(41)42)11-9-13-31-26(29)30/h16-19,21H,4-15,28H2,1-3H3,(H,32,39)(H,33,38)(H,34,40)(H,35,43)(H,36,37)(H,41,42)(H4,29,30,31)/t17-,18-,19-,21-/m0/s1. The lowest BCUT2D eigenvalue weighted by Crippen LogP contribution is -2.58. The number of nitrogens with zero attached hydrogens (tertiary/aromatic N) is 1. The molecule has 0 bridgehead atoms. The fraction of sp³-hybridized carbons (Fsp3) is 0.741. The van der Waals surface area contributed by atoms with Crippen LogP contribution in [0.4, 0.5) is 4.79 Å². The lowest BCUT2D eigenvalue weighted by atomic mass is 10.0. The minimum atomic E-state index is -1.62. The van der Waals surface area contributed by atoms with Gasteiger partial charge < -0.3 is 53.4 Å². The van der Waals surface area contributed by atoms with Crippen molar-refractivity contribution in [1.82, 2.24) is 21.3 Å². The summed E-state index contributed by atoms with van der Waals surface area (Å²) in [5, 5.41) is 28.6. The summed E-state index contributed by atoms with van der Waals surface area (Å²) < 4.78 is 5.09. The molecule has 17 heteroatoms. The second-order valence-electron chi connectivity index (χ2n) is 10.6. The zero-order valence-corrected chi connectivity index (χ0v) is 25.8. The molecule has 0 aromatic carbocycles. The largest absolute Gasteiger partial charge is 0.481 e. The fourth-order valence-corrected chi connectivity index (χ4v) is 3.93. The molecule has 12 N–H and O–H groups in total. The van der Waals surface area contributed by atoms with E-state index in [0.29, 0.717) is 25.8 Å². The molecule has 0 saturated heterocycles. The van der Waals surface area contributed by atoms with Crippen LogP contribution in [-0.2, 0) is 28.7 Å². The molecule has 0 aliphatic heterocycles. The van der Waals surface area contributed by atoms with Gasteiger partial charge in [-0.1, -0.05) is 33.6 Å². The second kappa shape index (κ2) is 22.4. The highest BCUT2D eigenvalue weighted by Crippen LogP contribution is 2.08. The van der Waals surface area contributed by atoms with Crippen molar-refractivity contribution in [3.8, 4) is 0 Å². The number of aliphatic carboxylic acids is 2. The molecule has 0 saturated carbocycles. The van der Waals surface area contributed by atoms with Crippen molar-refractivity contribution >= 4 is 41.7 Å². The number of hydrogen-bond donors (Lipinski definition) is 9. The van der Waals surface area contributed by atoms with E-state index in [2.05, 4.69) is 26.3 Å². The van der Waals surface area contributed by atoms with Crippen molar-refractivity contribution in [3.63, 3.8) is 0 Å². The Morgan fingerprint density at radius 1 is 0.773 bits per heavy atom. The molecular formula is C27H50N8O9. The topological polar surface area (TPSA) is 291 Å². The van der Waals surface area contributed by atoms with Gasteiger partial charge in [0, 0.05) is 6.54 Å². The zero-order chi connectivity index (χ0) is 33.7. The van der Waals surface area contributed by atoms with Crippen LogP contribution < -0.4 is 38.5 Å². The van der Waals surface area contributed by atoms with Gasteiger partial charge in [-0.25, -0.2) is 9.59 Å². The number of ether oxygens (including phenoxy) is 1. The maximum absolute atomic E-state index is 13.2. The summed E-state index contributed by atoms with van der Waals surface area (Å²) in [5.74, 6) is -5.99.